The van der Waals surface area contributed by atoms with Gasteiger partial charge in [0.2, 0.25) is 0 Å². The van der Waals surface area contributed by atoms with Crippen LogP contribution in [0, 0.1) is 56.3 Å². The second kappa shape index (κ2) is 26.6. The van der Waals surface area contributed by atoms with Gasteiger partial charge in [0.25, 0.3) is 17.7 Å². The highest BCUT2D eigenvalue weighted by molar-refractivity contribution is 7.23. The molecule has 24 heteroatoms. The van der Waals surface area contributed by atoms with E-state index in [1.807, 2.05) is 31.7 Å². The highest BCUT2D eigenvalue weighted by Crippen LogP contribution is 2.47. The van der Waals surface area contributed by atoms with E-state index >= 15 is 0 Å². The summed E-state index contributed by atoms with van der Waals surface area (Å²) in [5.41, 5.74) is 30.9. The van der Waals surface area contributed by atoms with Crippen molar-refractivity contribution in [2.75, 3.05) is 77.8 Å². The van der Waals surface area contributed by atoms with Gasteiger partial charge in [-0.15, -0.1) is 34.0 Å². The highest BCUT2D eigenvalue weighted by Gasteiger charge is 2.34. The molecule has 3 amide bonds. The third-order valence-corrected chi connectivity index (χ3v) is 21.4. The maximum Gasteiger partial charge on any atom is 0.298 e. The van der Waals surface area contributed by atoms with Crippen LogP contribution < -0.4 is 31.4 Å². The number of thiophene rings is 3. The summed E-state index contributed by atoms with van der Waals surface area (Å²) < 4.78 is 25.8. The number of nitrogens with two attached hydrogens (primary N) is 3. The van der Waals surface area contributed by atoms with Crippen LogP contribution in [-0.4, -0.2) is 137 Å². The Morgan fingerprint density at radius 1 is 0.438 bits per heavy atom. The van der Waals surface area contributed by atoms with Crippen LogP contribution in [0.25, 0.3) is 78.1 Å². The molecule has 0 bridgehead atoms. The number of nitrogen functional groups attached to an aromatic ring is 3. The van der Waals surface area contributed by atoms with Crippen molar-refractivity contribution in [2.24, 2.45) is 0 Å². The number of carbonyl (C=O) groups is 3. The fraction of sp³-hybridized carbons (Fsp3) is 0.292. The summed E-state index contributed by atoms with van der Waals surface area (Å²) >= 11 is 5.01. The number of benzene rings is 3. The number of fused-ring (bicyclic) bond motifs is 6. The minimum absolute atomic E-state index is 0.128. The topological polar surface area (TPSA) is 257 Å². The van der Waals surface area contributed by atoms with Crippen molar-refractivity contribution in [3.63, 3.8) is 0 Å². The summed E-state index contributed by atoms with van der Waals surface area (Å²) in [6, 6.07) is 25.6. The number of anilines is 3. The average Bonchev–Trinajstić information content (AvgIpc) is 1.61. The molecule has 3 fully saturated rings. The summed E-state index contributed by atoms with van der Waals surface area (Å²) in [5, 5.41) is 16.9. The summed E-state index contributed by atoms with van der Waals surface area (Å²) in [6.45, 7) is 15.1. The molecule has 0 spiro atoms. The Morgan fingerprint density at radius 3 is 0.979 bits per heavy atom. The number of nitrogens with zero attached hydrogens (tertiary/aromatic N) is 12. The van der Waals surface area contributed by atoms with E-state index < -0.39 is 0 Å². The van der Waals surface area contributed by atoms with Gasteiger partial charge in [-0.05, 0) is 166 Å². The summed E-state index contributed by atoms with van der Waals surface area (Å²) in [4.78, 5) is 58.1. The first-order chi connectivity index (χ1) is 46.5. The summed E-state index contributed by atoms with van der Waals surface area (Å²) in [7, 11) is 5.09. The van der Waals surface area contributed by atoms with Gasteiger partial charge in [0, 0.05) is 105 Å². The van der Waals surface area contributed by atoms with Crippen molar-refractivity contribution in [2.45, 2.75) is 78.6 Å². The smallest absolute Gasteiger partial charge is 0.298 e. The monoisotopic (exact) mass is 1340 g/mol. The normalized spacial score (nSPS) is 15.8. The van der Waals surface area contributed by atoms with Crippen LogP contribution in [0.3, 0.4) is 0 Å². The zero-order valence-corrected chi connectivity index (χ0v) is 57.0. The van der Waals surface area contributed by atoms with E-state index in [9.17, 15) is 14.4 Å². The first-order valence-electron chi connectivity index (χ1n) is 31.3. The fourth-order valence-electron chi connectivity index (χ4n) is 13.5. The van der Waals surface area contributed by atoms with E-state index in [1.165, 1.54) is 19.0 Å². The molecule has 0 saturated carbocycles. The molecular formula is C72H69N15O6S3. The molecule has 3 aromatic carbocycles. The van der Waals surface area contributed by atoms with Gasteiger partial charge in [-0.25, -0.2) is 28.5 Å². The molecule has 0 aliphatic carbocycles. The zero-order chi connectivity index (χ0) is 67.2. The predicted octanol–water partition coefficient (Wildman–Crippen LogP) is 11.5. The molecule has 0 radical (unpaired) electrons. The Labute approximate surface area is 565 Å². The van der Waals surface area contributed by atoms with Crippen LogP contribution in [-0.2, 0) is 14.4 Å². The van der Waals surface area contributed by atoms with Gasteiger partial charge in [-0.1, -0.05) is 36.0 Å². The molecule has 6 N–H and O–H groups in total. The Hall–Kier alpha value is -10.7. The van der Waals surface area contributed by atoms with Crippen LogP contribution in [0.1, 0.15) is 91.6 Å². The van der Waals surface area contributed by atoms with Gasteiger partial charge in [-0.2, -0.15) is 15.3 Å². The van der Waals surface area contributed by atoms with Crippen molar-refractivity contribution in [3.05, 3.63) is 126 Å². The molecule has 9 aromatic heterocycles. The molecule has 3 saturated heterocycles. The zero-order valence-electron chi connectivity index (χ0n) is 54.5. The van der Waals surface area contributed by atoms with Gasteiger partial charge in [0.1, 0.15) is 52.8 Å². The Kier molecular flexibility index (Phi) is 17.7. The minimum atomic E-state index is -0.128. The van der Waals surface area contributed by atoms with Crippen molar-refractivity contribution in [1.29, 1.82) is 0 Å². The highest BCUT2D eigenvalue weighted by atomic mass is 32.1. The van der Waals surface area contributed by atoms with E-state index in [0.717, 1.165) is 148 Å². The summed E-state index contributed by atoms with van der Waals surface area (Å²) in [5.74, 6) is 20.0. The minimum Gasteiger partial charge on any atom is -0.495 e. The van der Waals surface area contributed by atoms with E-state index in [2.05, 4.69) is 141 Å². The van der Waals surface area contributed by atoms with Gasteiger partial charge < -0.3 is 46.1 Å². The maximum absolute atomic E-state index is 12.2. The van der Waals surface area contributed by atoms with E-state index in [4.69, 9.17) is 31.4 Å². The molecule has 21 nitrogen and oxygen atoms in total. The number of rotatable bonds is 9. The lowest BCUT2D eigenvalue weighted by atomic mass is 10.0. The number of methoxy groups -OCH3 is 3. The third-order valence-electron chi connectivity index (χ3n) is 17.8. The van der Waals surface area contributed by atoms with Crippen molar-refractivity contribution in [3.8, 4) is 84.1 Å². The Bertz CT molecular complexity index is 4790. The molecular weight excluding hydrogens is 1270 g/mol. The second-order valence-electron chi connectivity index (χ2n) is 24.0. The number of carbonyl (C=O) groups excluding carboxylic acids is 3. The quantitative estimate of drug-likeness (QED) is 0.114. The van der Waals surface area contributed by atoms with Crippen LogP contribution >= 0.6 is 34.0 Å². The van der Waals surface area contributed by atoms with E-state index in [0.29, 0.717) is 56.7 Å². The number of amides is 3. The van der Waals surface area contributed by atoms with Crippen molar-refractivity contribution < 1.29 is 28.6 Å². The predicted molar refractivity (Wildman–Crippen MR) is 381 cm³/mol. The van der Waals surface area contributed by atoms with Gasteiger partial charge in [-0.3, -0.25) is 14.4 Å². The molecule has 1 unspecified atom stereocenters. The van der Waals surface area contributed by atoms with Gasteiger partial charge in [0.15, 0.2) is 17.5 Å². The van der Waals surface area contributed by atoms with Crippen molar-refractivity contribution >= 4 is 116 Å². The average molecular weight is 1340 g/mol. The van der Waals surface area contributed by atoms with Crippen LogP contribution in [0.2, 0.25) is 0 Å². The number of aromatic nitrogens is 9. The van der Waals surface area contributed by atoms with E-state index in [-0.39, 0.29) is 35.5 Å². The number of likely N-dealkylation sites (tertiary alicyclic amines) is 3. The van der Waals surface area contributed by atoms with Gasteiger partial charge >= 0.3 is 0 Å². The van der Waals surface area contributed by atoms with Crippen LogP contribution in [0.15, 0.2) is 91.8 Å². The fourth-order valence-corrected chi connectivity index (χ4v) is 16.9. The standard InChI is InChI=1S/3C24H23N5O2S/c3*1-4-5-21(30)28-7-6-15(12-28)18-11-17(22-24(25)26-13-27-29(18)22)20-10-16-8-14(2)9-19(31-3)23(16)32-20/h3*8-11,13,15H,6-7,12H2,1-3H3,(H2,25,26,27)/t2*15-;/m10./s1. The molecule has 96 heavy (non-hydrogen) atoms. The SMILES string of the molecule is CC#CC(=O)N1CCC(c2cc(-c3cc4cc(C)cc(OC)c4s3)c3c(N)ncnn23)C1.CC#CC(=O)N1CC[C@@H](c2cc(-c3cc4cc(C)cc(OC)c4s3)c3c(N)ncnn23)C1.CC#CC(=O)N1CC[C@H](c2cc(-c3cc4cc(C)cc(OC)c4s3)c3c(N)ncnn23)C1. The Balaban J connectivity index is 0.000000130. The lowest BCUT2D eigenvalue weighted by Gasteiger charge is -2.13. The molecule has 486 valence electrons. The molecule has 3 aliphatic heterocycles. The molecule has 3 aliphatic rings. The number of ether oxygens (including phenoxy) is 3. The molecule has 15 rings (SSSR count). The van der Waals surface area contributed by atoms with Crippen molar-refractivity contribution in [1.82, 2.24) is 58.5 Å². The lowest BCUT2D eigenvalue weighted by molar-refractivity contribution is -0.124. The van der Waals surface area contributed by atoms with Gasteiger partial charge in [0.05, 0.1) is 35.4 Å². The first kappa shape index (κ1) is 64.0. The van der Waals surface area contributed by atoms with Crippen LogP contribution in [0.5, 0.6) is 17.2 Å². The Morgan fingerprint density at radius 2 is 0.719 bits per heavy atom. The third kappa shape index (κ3) is 11.9. The van der Waals surface area contributed by atoms with Crippen LogP contribution in [0.4, 0.5) is 17.5 Å². The summed E-state index contributed by atoms with van der Waals surface area (Å²) in [6.07, 6.45) is 7.00. The van der Waals surface area contributed by atoms with E-state index in [1.54, 1.807) is 90.8 Å². The molecule has 12 heterocycles. The largest absolute Gasteiger partial charge is 0.495 e. The molecule has 3 atom stereocenters. The second-order valence-corrected chi connectivity index (χ2v) is 27.1. The lowest BCUT2D eigenvalue weighted by Crippen LogP contribution is -2.27. The number of hydrogen-bond donors (Lipinski definition) is 3. The maximum atomic E-state index is 12.2. The molecule has 12 aromatic rings. The first-order valence-corrected chi connectivity index (χ1v) is 33.7. The number of hydrogen-bond acceptors (Lipinski definition) is 18. The number of aryl methyl sites for hydroxylation is 3.